The molecule has 27 heavy (non-hydrogen) atoms. The Labute approximate surface area is 159 Å². The van der Waals surface area contributed by atoms with Gasteiger partial charge in [-0.2, -0.15) is 13.2 Å². The lowest BCUT2D eigenvalue weighted by molar-refractivity contribution is -0.143. The van der Waals surface area contributed by atoms with Crippen LogP contribution in [0.4, 0.5) is 13.2 Å². The zero-order chi connectivity index (χ0) is 20.4. The molecule has 0 spiro atoms. The van der Waals surface area contributed by atoms with E-state index in [-0.39, 0.29) is 22.8 Å². The Kier molecular flexibility index (Phi) is 6.01. The van der Waals surface area contributed by atoms with Gasteiger partial charge in [-0.3, -0.25) is 0 Å². The number of methoxy groups -OCH3 is 3. The van der Waals surface area contributed by atoms with Crippen molar-refractivity contribution in [3.8, 4) is 23.8 Å². The highest BCUT2D eigenvalue weighted by atomic mass is 32.1. The van der Waals surface area contributed by atoms with Gasteiger partial charge in [-0.1, -0.05) is 18.1 Å². The third-order valence-electron chi connectivity index (χ3n) is 3.96. The molecule has 1 aromatic rings. The summed E-state index contributed by atoms with van der Waals surface area (Å²) in [7, 11) is 3.53. The number of hydrogen-bond donors (Lipinski definition) is 0. The van der Waals surface area contributed by atoms with Crippen molar-refractivity contribution in [1.82, 2.24) is 4.90 Å². The third kappa shape index (κ3) is 4.01. The maximum absolute atomic E-state index is 13.4. The van der Waals surface area contributed by atoms with Crippen molar-refractivity contribution in [2.24, 2.45) is 0 Å². The van der Waals surface area contributed by atoms with Gasteiger partial charge >= 0.3 is 12.1 Å². The van der Waals surface area contributed by atoms with Gasteiger partial charge in [-0.15, -0.1) is 6.42 Å². The minimum atomic E-state index is -4.70. The molecule has 1 atom stereocenters. The van der Waals surface area contributed by atoms with Crippen molar-refractivity contribution < 1.29 is 32.2 Å². The molecular formula is C18H16F3NO4S. The number of esters is 1. The summed E-state index contributed by atoms with van der Waals surface area (Å²) in [6.07, 6.45) is 2.17. The molecule has 1 heterocycles. The van der Waals surface area contributed by atoms with Gasteiger partial charge < -0.3 is 19.1 Å². The van der Waals surface area contributed by atoms with E-state index in [1.165, 1.54) is 31.3 Å². The number of benzene rings is 1. The molecule has 2 rings (SSSR count). The van der Waals surface area contributed by atoms with Crippen LogP contribution >= 0.6 is 12.2 Å². The Bertz CT molecular complexity index is 842. The van der Waals surface area contributed by atoms with Gasteiger partial charge in [0.15, 0.2) is 11.5 Å². The van der Waals surface area contributed by atoms with Crippen LogP contribution in [0.1, 0.15) is 11.1 Å². The SMILES string of the molecule is C#CC1=CC(C(=O)OC)N(C(=S)c2cc(OC)c(OC)c(C(F)(F)F)c2)C1. The summed E-state index contributed by atoms with van der Waals surface area (Å²) in [5, 5.41) is 0. The van der Waals surface area contributed by atoms with Crippen LogP contribution in [0.25, 0.3) is 0 Å². The van der Waals surface area contributed by atoms with E-state index in [1.807, 2.05) is 0 Å². The van der Waals surface area contributed by atoms with E-state index in [4.69, 9.17) is 32.9 Å². The van der Waals surface area contributed by atoms with Crippen LogP contribution in [0.3, 0.4) is 0 Å². The third-order valence-corrected chi connectivity index (χ3v) is 4.43. The lowest BCUT2D eigenvalue weighted by Crippen LogP contribution is -2.41. The Morgan fingerprint density at radius 2 is 1.96 bits per heavy atom. The largest absolute Gasteiger partial charge is 0.493 e. The topological polar surface area (TPSA) is 48.0 Å². The molecule has 0 aliphatic carbocycles. The molecule has 0 N–H and O–H groups in total. The first-order valence-corrected chi connectivity index (χ1v) is 7.98. The van der Waals surface area contributed by atoms with Crippen molar-refractivity contribution >= 4 is 23.2 Å². The second-order valence-electron chi connectivity index (χ2n) is 5.49. The Balaban J connectivity index is 2.53. The van der Waals surface area contributed by atoms with E-state index in [0.29, 0.717) is 5.57 Å². The fourth-order valence-electron chi connectivity index (χ4n) is 2.69. The van der Waals surface area contributed by atoms with E-state index in [1.54, 1.807) is 0 Å². The molecule has 5 nitrogen and oxygen atoms in total. The number of carbonyl (C=O) groups excluding carboxylic acids is 1. The summed E-state index contributed by atoms with van der Waals surface area (Å²) in [5.74, 6) is 1.20. The van der Waals surface area contributed by atoms with E-state index >= 15 is 0 Å². The van der Waals surface area contributed by atoms with E-state index in [9.17, 15) is 18.0 Å². The summed E-state index contributed by atoms with van der Waals surface area (Å²) in [4.78, 5) is 13.4. The van der Waals surface area contributed by atoms with Crippen LogP contribution in [-0.4, -0.2) is 49.8 Å². The number of alkyl halides is 3. The molecule has 0 fully saturated rings. The zero-order valence-electron chi connectivity index (χ0n) is 14.7. The molecule has 1 aliphatic rings. The van der Waals surface area contributed by atoms with Gasteiger partial charge in [0.1, 0.15) is 16.6 Å². The standard InChI is InChI=1S/C18H16F3NO4S/c1-5-10-6-13(17(23)26-4)22(9-10)16(27)11-7-12(18(19,20)21)15(25-3)14(8-11)24-2/h1,6-8,13H,9H2,2-4H3. The summed E-state index contributed by atoms with van der Waals surface area (Å²) in [5.41, 5.74) is -0.527. The monoisotopic (exact) mass is 399 g/mol. The lowest BCUT2D eigenvalue weighted by Gasteiger charge is -2.26. The van der Waals surface area contributed by atoms with E-state index in [2.05, 4.69) is 5.92 Å². The average Bonchev–Trinajstić information content (AvgIpc) is 3.09. The minimum absolute atomic E-state index is 0.00152. The van der Waals surface area contributed by atoms with Crippen molar-refractivity contribution in [1.29, 1.82) is 0 Å². The van der Waals surface area contributed by atoms with Crippen LogP contribution in [0.5, 0.6) is 11.5 Å². The van der Waals surface area contributed by atoms with E-state index < -0.39 is 29.5 Å². The van der Waals surface area contributed by atoms with Crippen LogP contribution in [0, 0.1) is 12.3 Å². The number of nitrogens with zero attached hydrogens (tertiary/aromatic N) is 1. The van der Waals surface area contributed by atoms with Gasteiger partial charge in [0, 0.05) is 11.1 Å². The number of thiocarbonyl (C=S) groups is 1. The van der Waals surface area contributed by atoms with Crippen LogP contribution in [0.2, 0.25) is 0 Å². The van der Waals surface area contributed by atoms with Crippen LogP contribution < -0.4 is 9.47 Å². The van der Waals surface area contributed by atoms with Crippen LogP contribution in [0.15, 0.2) is 23.8 Å². The molecule has 0 aromatic heterocycles. The number of hydrogen-bond acceptors (Lipinski definition) is 5. The molecule has 0 amide bonds. The highest BCUT2D eigenvalue weighted by Gasteiger charge is 2.38. The summed E-state index contributed by atoms with van der Waals surface area (Å²) >= 11 is 5.35. The van der Waals surface area contributed by atoms with Crippen molar-refractivity contribution in [3.05, 3.63) is 34.9 Å². The van der Waals surface area contributed by atoms with Crippen molar-refractivity contribution in [2.45, 2.75) is 12.2 Å². The number of ether oxygens (including phenoxy) is 3. The normalized spacial score (nSPS) is 16.4. The Morgan fingerprint density at radius 3 is 2.44 bits per heavy atom. The van der Waals surface area contributed by atoms with Gasteiger partial charge in [0.25, 0.3) is 0 Å². The molecule has 9 heteroatoms. The van der Waals surface area contributed by atoms with Crippen molar-refractivity contribution in [2.75, 3.05) is 27.9 Å². The first-order valence-electron chi connectivity index (χ1n) is 7.57. The highest BCUT2D eigenvalue weighted by molar-refractivity contribution is 7.80. The molecule has 0 radical (unpaired) electrons. The second-order valence-corrected chi connectivity index (χ2v) is 5.88. The Morgan fingerprint density at radius 1 is 1.30 bits per heavy atom. The zero-order valence-corrected chi connectivity index (χ0v) is 15.5. The molecule has 1 unspecified atom stereocenters. The molecule has 144 valence electrons. The summed E-state index contributed by atoms with van der Waals surface area (Å²) < 4.78 is 54.9. The van der Waals surface area contributed by atoms with Gasteiger partial charge in [0.2, 0.25) is 0 Å². The lowest BCUT2D eigenvalue weighted by atomic mass is 10.1. The highest BCUT2D eigenvalue weighted by Crippen LogP contribution is 2.43. The molecular weight excluding hydrogens is 383 g/mol. The number of rotatable bonds is 4. The van der Waals surface area contributed by atoms with E-state index in [0.717, 1.165) is 13.2 Å². The average molecular weight is 399 g/mol. The fourth-order valence-corrected chi connectivity index (χ4v) is 2.98. The molecule has 0 bridgehead atoms. The second kappa shape index (κ2) is 7.88. The van der Waals surface area contributed by atoms with Gasteiger partial charge in [0.05, 0.1) is 27.9 Å². The number of terminal acetylenes is 1. The summed E-state index contributed by atoms with van der Waals surface area (Å²) in [6.45, 7) is 0.102. The molecule has 1 aromatic carbocycles. The fraction of sp³-hybridized carbons (Fsp3) is 0.333. The van der Waals surface area contributed by atoms with Crippen LogP contribution in [-0.2, 0) is 15.7 Å². The maximum atomic E-state index is 13.4. The molecule has 1 aliphatic heterocycles. The van der Waals surface area contributed by atoms with Crippen molar-refractivity contribution in [3.63, 3.8) is 0 Å². The minimum Gasteiger partial charge on any atom is -0.493 e. The first-order chi connectivity index (χ1) is 12.7. The number of halogens is 3. The number of carbonyl (C=O) groups is 1. The quantitative estimate of drug-likeness (QED) is 0.441. The summed E-state index contributed by atoms with van der Waals surface area (Å²) in [6, 6.07) is 1.25. The smallest absolute Gasteiger partial charge is 0.420 e. The predicted octanol–water partition coefficient (Wildman–Crippen LogP) is 2.81. The maximum Gasteiger partial charge on any atom is 0.420 e. The Hall–Kier alpha value is -2.73. The molecule has 0 saturated heterocycles. The first kappa shape index (κ1) is 20.6. The molecule has 0 saturated carbocycles. The predicted molar refractivity (Wildman–Crippen MR) is 95.7 cm³/mol. The van der Waals surface area contributed by atoms with Gasteiger partial charge in [-0.05, 0) is 18.2 Å². The van der Waals surface area contributed by atoms with Gasteiger partial charge in [-0.25, -0.2) is 4.79 Å².